The summed E-state index contributed by atoms with van der Waals surface area (Å²) in [6.45, 7) is -0.192. The summed E-state index contributed by atoms with van der Waals surface area (Å²) < 4.78 is 35.8. The van der Waals surface area contributed by atoms with E-state index in [0.29, 0.717) is 17.2 Å². The zero-order chi connectivity index (χ0) is 13.4. The van der Waals surface area contributed by atoms with Crippen LogP contribution in [-0.4, -0.2) is 30.3 Å². The number of halogens is 2. The molecule has 2 rings (SSSR count). The first-order valence-electron chi connectivity index (χ1n) is 5.50. The number of ether oxygens (including phenoxy) is 2. The van der Waals surface area contributed by atoms with Gasteiger partial charge in [0.15, 0.2) is 11.5 Å². The number of nitrogen functional groups attached to an aromatic ring is 1. The average molecular weight is 259 g/mol. The molecule has 0 spiro atoms. The van der Waals surface area contributed by atoms with Crippen LogP contribution in [0.25, 0.3) is 0 Å². The molecule has 0 atom stereocenters. The Morgan fingerprint density at radius 2 is 2.00 bits per heavy atom. The van der Waals surface area contributed by atoms with E-state index in [0.717, 1.165) is 0 Å². The molecular formula is C12H15F2NO3. The van der Waals surface area contributed by atoms with Gasteiger partial charge in [-0.3, -0.25) is 0 Å². The lowest BCUT2D eigenvalue weighted by molar-refractivity contribution is -0.215. The van der Waals surface area contributed by atoms with E-state index in [1.165, 1.54) is 7.11 Å². The van der Waals surface area contributed by atoms with E-state index < -0.39 is 24.4 Å². The van der Waals surface area contributed by atoms with Gasteiger partial charge in [-0.05, 0) is 12.1 Å². The highest BCUT2D eigenvalue weighted by Crippen LogP contribution is 2.46. The molecule has 1 aliphatic rings. The number of rotatable bonds is 4. The Kier molecular flexibility index (Phi) is 3.06. The predicted molar refractivity (Wildman–Crippen MR) is 62.0 cm³/mol. The van der Waals surface area contributed by atoms with Crippen molar-refractivity contribution in [2.45, 2.75) is 24.4 Å². The Morgan fingerprint density at radius 3 is 2.56 bits per heavy atom. The third-order valence-electron chi connectivity index (χ3n) is 2.86. The summed E-state index contributed by atoms with van der Waals surface area (Å²) in [6.07, 6.45) is -1.14. The number of benzene rings is 1. The van der Waals surface area contributed by atoms with Crippen molar-refractivity contribution in [1.82, 2.24) is 0 Å². The van der Waals surface area contributed by atoms with E-state index >= 15 is 0 Å². The zero-order valence-corrected chi connectivity index (χ0v) is 9.95. The normalized spacial score (nSPS) is 20.0. The second kappa shape index (κ2) is 4.28. The molecule has 100 valence electrons. The Bertz CT molecular complexity index is 443. The van der Waals surface area contributed by atoms with Crippen LogP contribution in [0.2, 0.25) is 0 Å². The minimum Gasteiger partial charge on any atom is -0.493 e. The lowest BCUT2D eigenvalue weighted by Crippen LogP contribution is -2.55. The van der Waals surface area contributed by atoms with E-state index in [1.54, 1.807) is 18.2 Å². The van der Waals surface area contributed by atoms with E-state index in [4.69, 9.17) is 15.2 Å². The molecule has 1 saturated carbocycles. The molecule has 4 nitrogen and oxygen atoms in total. The van der Waals surface area contributed by atoms with Gasteiger partial charge in [0.05, 0.1) is 7.11 Å². The van der Waals surface area contributed by atoms with Crippen LogP contribution in [0.3, 0.4) is 0 Å². The van der Waals surface area contributed by atoms with Crippen LogP contribution in [0.15, 0.2) is 18.2 Å². The second-order valence-electron chi connectivity index (χ2n) is 4.63. The molecule has 0 saturated heterocycles. The summed E-state index contributed by atoms with van der Waals surface area (Å²) in [5.41, 5.74) is 4.62. The van der Waals surface area contributed by atoms with Gasteiger partial charge >= 0.3 is 0 Å². The quantitative estimate of drug-likeness (QED) is 0.809. The van der Waals surface area contributed by atoms with Gasteiger partial charge in [-0.1, -0.05) is 0 Å². The van der Waals surface area contributed by atoms with Crippen molar-refractivity contribution in [3.63, 3.8) is 0 Å². The maximum Gasteiger partial charge on any atom is 0.253 e. The Morgan fingerprint density at radius 1 is 1.33 bits per heavy atom. The number of hydrogen-bond acceptors (Lipinski definition) is 4. The third-order valence-corrected chi connectivity index (χ3v) is 2.86. The second-order valence-corrected chi connectivity index (χ2v) is 4.63. The first-order chi connectivity index (χ1) is 8.34. The molecule has 1 aromatic carbocycles. The van der Waals surface area contributed by atoms with Gasteiger partial charge in [0.25, 0.3) is 5.92 Å². The smallest absolute Gasteiger partial charge is 0.253 e. The highest BCUT2D eigenvalue weighted by atomic mass is 19.3. The molecule has 6 heteroatoms. The van der Waals surface area contributed by atoms with Crippen molar-refractivity contribution in [1.29, 1.82) is 0 Å². The topological polar surface area (TPSA) is 64.7 Å². The fraction of sp³-hybridized carbons (Fsp3) is 0.500. The fourth-order valence-corrected chi connectivity index (χ4v) is 2.03. The molecule has 1 fully saturated rings. The highest BCUT2D eigenvalue weighted by Gasteiger charge is 2.56. The Hall–Kier alpha value is -1.56. The van der Waals surface area contributed by atoms with Crippen molar-refractivity contribution in [2.75, 3.05) is 19.5 Å². The van der Waals surface area contributed by atoms with Crippen LogP contribution in [-0.2, 0) is 0 Å². The molecule has 0 radical (unpaired) electrons. The standard InChI is InChI=1S/C12H15F2NO3/c1-17-10-4-8(15)2-3-9(10)18-7-11(16)5-12(13,14)6-11/h2-4,16H,5-7,15H2,1H3. The van der Waals surface area contributed by atoms with Gasteiger partial charge in [-0.25, -0.2) is 8.78 Å². The van der Waals surface area contributed by atoms with Gasteiger partial charge < -0.3 is 20.3 Å². The van der Waals surface area contributed by atoms with Gasteiger partial charge in [0.1, 0.15) is 12.2 Å². The van der Waals surface area contributed by atoms with Crippen LogP contribution in [0.4, 0.5) is 14.5 Å². The van der Waals surface area contributed by atoms with Gasteiger partial charge in [0.2, 0.25) is 0 Å². The van der Waals surface area contributed by atoms with Crippen LogP contribution in [0.5, 0.6) is 11.5 Å². The van der Waals surface area contributed by atoms with E-state index in [2.05, 4.69) is 0 Å². The first kappa shape index (κ1) is 12.9. The molecule has 0 amide bonds. The minimum absolute atomic E-state index is 0.192. The first-order valence-corrected chi connectivity index (χ1v) is 5.50. The van der Waals surface area contributed by atoms with Crippen molar-refractivity contribution in [3.05, 3.63) is 18.2 Å². The van der Waals surface area contributed by atoms with E-state index in [9.17, 15) is 13.9 Å². The maximum atomic E-state index is 12.7. The molecule has 1 aliphatic carbocycles. The van der Waals surface area contributed by atoms with Gasteiger partial charge in [-0.15, -0.1) is 0 Å². The van der Waals surface area contributed by atoms with Crippen molar-refractivity contribution in [3.8, 4) is 11.5 Å². The maximum absolute atomic E-state index is 12.7. The van der Waals surface area contributed by atoms with E-state index in [-0.39, 0.29) is 6.61 Å². The number of methoxy groups -OCH3 is 1. The molecular weight excluding hydrogens is 244 g/mol. The number of aliphatic hydroxyl groups is 1. The average Bonchev–Trinajstić information content (AvgIpc) is 2.24. The summed E-state index contributed by atoms with van der Waals surface area (Å²) >= 11 is 0. The molecule has 0 aromatic heterocycles. The molecule has 0 bridgehead atoms. The molecule has 1 aromatic rings. The van der Waals surface area contributed by atoms with Crippen molar-refractivity contribution >= 4 is 5.69 Å². The van der Waals surface area contributed by atoms with Crippen LogP contribution >= 0.6 is 0 Å². The van der Waals surface area contributed by atoms with E-state index in [1.807, 2.05) is 0 Å². The Labute approximate surface area is 103 Å². The van der Waals surface area contributed by atoms with Gasteiger partial charge in [0, 0.05) is 24.6 Å². The number of alkyl halides is 2. The van der Waals surface area contributed by atoms with Gasteiger partial charge in [-0.2, -0.15) is 0 Å². The number of hydrogen-bond donors (Lipinski definition) is 2. The number of nitrogens with two attached hydrogens (primary N) is 1. The van der Waals surface area contributed by atoms with Crippen molar-refractivity contribution in [2.24, 2.45) is 0 Å². The molecule has 0 heterocycles. The predicted octanol–water partition coefficient (Wildman–Crippen LogP) is 1.82. The monoisotopic (exact) mass is 259 g/mol. The minimum atomic E-state index is -2.79. The fourth-order valence-electron chi connectivity index (χ4n) is 2.03. The number of anilines is 1. The summed E-state index contributed by atoms with van der Waals surface area (Å²) in [5.74, 6) is -2.01. The molecule has 18 heavy (non-hydrogen) atoms. The largest absolute Gasteiger partial charge is 0.493 e. The molecule has 3 N–H and O–H groups in total. The lowest BCUT2D eigenvalue weighted by atomic mass is 9.77. The third kappa shape index (κ3) is 2.64. The highest BCUT2D eigenvalue weighted by molar-refractivity contribution is 5.51. The van der Waals surface area contributed by atoms with Crippen LogP contribution < -0.4 is 15.2 Å². The molecule has 0 aliphatic heterocycles. The van der Waals surface area contributed by atoms with Crippen LogP contribution in [0, 0.1) is 0 Å². The summed E-state index contributed by atoms with van der Waals surface area (Å²) in [5, 5.41) is 9.75. The van der Waals surface area contributed by atoms with Crippen LogP contribution in [0.1, 0.15) is 12.8 Å². The Balaban J connectivity index is 1.99. The SMILES string of the molecule is COc1cc(N)ccc1OCC1(O)CC(F)(F)C1. The van der Waals surface area contributed by atoms with Crippen molar-refractivity contribution < 1.29 is 23.4 Å². The lowest BCUT2D eigenvalue weighted by Gasteiger charge is -2.42. The summed E-state index contributed by atoms with van der Waals surface area (Å²) in [6, 6.07) is 4.75. The summed E-state index contributed by atoms with van der Waals surface area (Å²) in [7, 11) is 1.45. The zero-order valence-electron chi connectivity index (χ0n) is 9.95. The summed E-state index contributed by atoms with van der Waals surface area (Å²) in [4.78, 5) is 0. The molecule has 0 unspecified atom stereocenters.